The van der Waals surface area contributed by atoms with Crippen LogP contribution in [0.2, 0.25) is 0 Å². The first-order chi connectivity index (χ1) is 12.2. The Morgan fingerprint density at radius 1 is 1.36 bits per heavy atom. The Kier molecular flexibility index (Phi) is 4.39. The molecule has 2 fully saturated rings. The van der Waals surface area contributed by atoms with E-state index in [1.54, 1.807) is 11.3 Å². The van der Waals surface area contributed by atoms with E-state index in [1.807, 2.05) is 46.9 Å². The smallest absolute Gasteiger partial charge is 0.231 e. The summed E-state index contributed by atoms with van der Waals surface area (Å²) >= 11 is 1.66. The van der Waals surface area contributed by atoms with Crippen LogP contribution in [0.25, 0.3) is 0 Å². The predicted molar refractivity (Wildman–Crippen MR) is 98.2 cm³/mol. The number of aromatic nitrogens is 2. The van der Waals surface area contributed by atoms with Crippen LogP contribution in [0.1, 0.15) is 23.0 Å². The van der Waals surface area contributed by atoms with Crippen molar-refractivity contribution < 1.29 is 4.79 Å². The maximum atomic E-state index is 13.2. The van der Waals surface area contributed by atoms with Crippen molar-refractivity contribution in [2.45, 2.75) is 18.9 Å². The lowest BCUT2D eigenvalue weighted by Gasteiger charge is -2.27. The van der Waals surface area contributed by atoms with Gasteiger partial charge in [-0.05, 0) is 18.6 Å². The van der Waals surface area contributed by atoms with Gasteiger partial charge in [-0.15, -0.1) is 17.9 Å². The zero-order valence-electron chi connectivity index (χ0n) is 14.2. The minimum absolute atomic E-state index is 0.165. The van der Waals surface area contributed by atoms with Crippen molar-refractivity contribution in [1.82, 2.24) is 19.8 Å². The van der Waals surface area contributed by atoms with E-state index in [0.29, 0.717) is 6.54 Å². The van der Waals surface area contributed by atoms with E-state index in [9.17, 15) is 4.79 Å². The Balaban J connectivity index is 1.62. The number of thiazole rings is 1. The molecule has 5 nitrogen and oxygen atoms in total. The van der Waals surface area contributed by atoms with Crippen molar-refractivity contribution in [2.24, 2.45) is 5.41 Å². The highest BCUT2D eigenvalue weighted by atomic mass is 32.1. The highest BCUT2D eigenvalue weighted by Gasteiger charge is 2.57. The van der Waals surface area contributed by atoms with Gasteiger partial charge in [-0.1, -0.05) is 12.1 Å². The standard InChI is InChI=1S/C19H22N4OS/c1-2-9-23-10-6-19(18(23)24)14-22(12-15-5-3-4-7-20-15)13-16(19)17-21-8-11-25-17/h2-5,7-8,11,16H,1,6,9-10,12-14H2/t16-,19-/m0/s1. The van der Waals surface area contributed by atoms with Crippen molar-refractivity contribution in [3.63, 3.8) is 0 Å². The van der Waals surface area contributed by atoms with Crippen LogP contribution in [0.5, 0.6) is 0 Å². The number of pyridine rings is 1. The number of rotatable bonds is 5. The predicted octanol–water partition coefficient (Wildman–Crippen LogP) is 2.54. The van der Waals surface area contributed by atoms with E-state index >= 15 is 0 Å². The average molecular weight is 354 g/mol. The highest BCUT2D eigenvalue weighted by Crippen LogP contribution is 2.50. The molecule has 2 aliphatic rings. The van der Waals surface area contributed by atoms with Crippen molar-refractivity contribution in [2.75, 3.05) is 26.2 Å². The Labute approximate surface area is 152 Å². The molecular formula is C19H22N4OS. The Hall–Kier alpha value is -2.05. The molecular weight excluding hydrogens is 332 g/mol. The van der Waals surface area contributed by atoms with E-state index in [2.05, 4.69) is 21.4 Å². The molecule has 4 heterocycles. The van der Waals surface area contributed by atoms with Crippen LogP contribution < -0.4 is 0 Å². The monoisotopic (exact) mass is 354 g/mol. The molecule has 2 saturated heterocycles. The zero-order valence-corrected chi connectivity index (χ0v) is 15.0. The number of likely N-dealkylation sites (tertiary alicyclic amines) is 2. The molecule has 4 rings (SSSR count). The molecule has 0 aromatic carbocycles. The Morgan fingerprint density at radius 3 is 3.00 bits per heavy atom. The van der Waals surface area contributed by atoms with Gasteiger partial charge in [0.25, 0.3) is 0 Å². The molecule has 25 heavy (non-hydrogen) atoms. The van der Waals surface area contributed by atoms with Crippen LogP contribution in [-0.2, 0) is 11.3 Å². The van der Waals surface area contributed by atoms with Crippen LogP contribution >= 0.6 is 11.3 Å². The number of nitrogens with zero attached hydrogens (tertiary/aromatic N) is 4. The molecule has 0 radical (unpaired) electrons. The van der Waals surface area contributed by atoms with Gasteiger partial charge in [0.1, 0.15) is 0 Å². The van der Waals surface area contributed by atoms with Gasteiger partial charge in [0, 0.05) is 56.4 Å². The van der Waals surface area contributed by atoms with Gasteiger partial charge in [-0.3, -0.25) is 14.7 Å². The molecule has 0 N–H and O–H groups in total. The van der Waals surface area contributed by atoms with Gasteiger partial charge < -0.3 is 4.90 Å². The highest BCUT2D eigenvalue weighted by molar-refractivity contribution is 7.09. The number of hydrogen-bond donors (Lipinski definition) is 0. The van der Waals surface area contributed by atoms with Crippen molar-refractivity contribution in [1.29, 1.82) is 0 Å². The van der Waals surface area contributed by atoms with E-state index in [1.165, 1.54) is 0 Å². The summed E-state index contributed by atoms with van der Waals surface area (Å²) in [5.41, 5.74) is 0.696. The maximum absolute atomic E-state index is 13.2. The summed E-state index contributed by atoms with van der Waals surface area (Å²) in [5, 5.41) is 3.09. The van der Waals surface area contributed by atoms with Crippen LogP contribution in [0.4, 0.5) is 0 Å². The second-order valence-electron chi connectivity index (χ2n) is 6.86. The summed E-state index contributed by atoms with van der Waals surface area (Å²) in [7, 11) is 0. The SMILES string of the molecule is C=CCN1CC[C@@]2(CN(Cc3ccccn3)C[C@H]2c2nccs2)C1=O. The van der Waals surface area contributed by atoms with E-state index in [0.717, 1.165) is 43.3 Å². The quantitative estimate of drug-likeness (QED) is 0.774. The lowest BCUT2D eigenvalue weighted by molar-refractivity contribution is -0.135. The topological polar surface area (TPSA) is 49.3 Å². The fourth-order valence-corrected chi connectivity index (χ4v) is 5.07. The van der Waals surface area contributed by atoms with Gasteiger partial charge in [-0.2, -0.15) is 0 Å². The second-order valence-corrected chi connectivity index (χ2v) is 7.79. The average Bonchev–Trinajstić information content (AvgIpc) is 3.33. The third kappa shape index (κ3) is 2.89. The van der Waals surface area contributed by atoms with Crippen LogP contribution in [0, 0.1) is 5.41 Å². The Bertz CT molecular complexity index is 748. The second kappa shape index (κ2) is 6.69. The van der Waals surface area contributed by atoms with Crippen LogP contribution in [0.3, 0.4) is 0 Å². The Morgan fingerprint density at radius 2 is 2.28 bits per heavy atom. The van der Waals surface area contributed by atoms with Crippen molar-refractivity contribution in [3.8, 4) is 0 Å². The fraction of sp³-hybridized carbons (Fsp3) is 0.421. The molecule has 130 valence electrons. The molecule has 0 saturated carbocycles. The maximum Gasteiger partial charge on any atom is 0.231 e. The van der Waals surface area contributed by atoms with E-state index in [-0.39, 0.29) is 17.2 Å². The third-order valence-corrected chi connectivity index (χ3v) is 6.25. The van der Waals surface area contributed by atoms with Crippen molar-refractivity contribution in [3.05, 3.63) is 59.3 Å². The lowest BCUT2D eigenvalue weighted by atomic mass is 9.77. The molecule has 1 amide bonds. The van der Waals surface area contributed by atoms with Crippen molar-refractivity contribution >= 4 is 17.2 Å². The minimum Gasteiger partial charge on any atom is -0.338 e. The fourth-order valence-electron chi connectivity index (χ4n) is 4.23. The molecule has 1 spiro atoms. The minimum atomic E-state index is -0.352. The number of carbonyl (C=O) groups is 1. The molecule has 2 atom stereocenters. The van der Waals surface area contributed by atoms with Crippen LogP contribution in [-0.4, -0.2) is 51.9 Å². The largest absolute Gasteiger partial charge is 0.338 e. The van der Waals surface area contributed by atoms with Gasteiger partial charge >= 0.3 is 0 Å². The third-order valence-electron chi connectivity index (χ3n) is 5.37. The summed E-state index contributed by atoms with van der Waals surface area (Å²) in [6.45, 7) is 7.64. The van der Waals surface area contributed by atoms with Gasteiger partial charge in [0.2, 0.25) is 5.91 Å². The van der Waals surface area contributed by atoms with E-state index in [4.69, 9.17) is 0 Å². The normalized spacial score (nSPS) is 26.6. The summed E-state index contributed by atoms with van der Waals surface area (Å²) in [5.74, 6) is 0.426. The molecule has 0 bridgehead atoms. The van der Waals surface area contributed by atoms with E-state index < -0.39 is 0 Å². The number of amides is 1. The molecule has 6 heteroatoms. The molecule has 2 aliphatic heterocycles. The summed E-state index contributed by atoms with van der Waals surface area (Å²) in [6.07, 6.45) is 6.38. The summed E-state index contributed by atoms with van der Waals surface area (Å²) in [6, 6.07) is 5.99. The first-order valence-electron chi connectivity index (χ1n) is 8.65. The number of hydrogen-bond acceptors (Lipinski definition) is 5. The first kappa shape index (κ1) is 16.4. The van der Waals surface area contributed by atoms with Gasteiger partial charge in [0.05, 0.1) is 16.1 Å². The molecule has 0 unspecified atom stereocenters. The zero-order chi connectivity index (χ0) is 17.3. The molecule has 0 aliphatic carbocycles. The molecule has 2 aromatic heterocycles. The van der Waals surface area contributed by atoms with Crippen LogP contribution in [0.15, 0.2) is 48.6 Å². The number of carbonyl (C=O) groups excluding carboxylic acids is 1. The first-order valence-corrected chi connectivity index (χ1v) is 9.53. The lowest BCUT2D eigenvalue weighted by Crippen LogP contribution is -2.39. The summed E-state index contributed by atoms with van der Waals surface area (Å²) < 4.78 is 0. The molecule has 2 aromatic rings. The van der Waals surface area contributed by atoms with Gasteiger partial charge in [0.15, 0.2) is 0 Å². The summed E-state index contributed by atoms with van der Waals surface area (Å²) in [4.78, 5) is 26.5. The van der Waals surface area contributed by atoms with Gasteiger partial charge in [-0.25, -0.2) is 4.98 Å².